The lowest BCUT2D eigenvalue weighted by atomic mass is 9.95. The second-order valence-corrected chi connectivity index (χ2v) is 15.5. The molecule has 0 N–H and O–H groups in total. The van der Waals surface area contributed by atoms with Crippen molar-refractivity contribution < 1.29 is 9.47 Å². The van der Waals surface area contributed by atoms with Crippen molar-refractivity contribution in [2.24, 2.45) is 0 Å². The maximum Gasteiger partial charge on any atom is 0.169 e. The molecule has 2 atom stereocenters. The molecule has 0 amide bonds. The van der Waals surface area contributed by atoms with Gasteiger partial charge in [-0.1, -0.05) is 152 Å². The predicted molar refractivity (Wildman–Crippen MR) is 219 cm³/mol. The van der Waals surface area contributed by atoms with Gasteiger partial charge in [0.15, 0.2) is 5.79 Å². The van der Waals surface area contributed by atoms with Gasteiger partial charge in [-0.15, -0.1) is 0 Å². The zero-order chi connectivity index (χ0) is 35.5. The maximum atomic E-state index is 6.75. The van der Waals surface area contributed by atoms with Crippen LogP contribution in [0.1, 0.15) is 206 Å². The van der Waals surface area contributed by atoms with Crippen LogP contribution in [-0.4, -0.2) is 44.0 Å². The van der Waals surface area contributed by atoms with Crippen LogP contribution >= 0.6 is 0 Å². The van der Waals surface area contributed by atoms with E-state index in [2.05, 4.69) is 62.5 Å². The molecule has 1 heterocycles. The highest BCUT2D eigenvalue weighted by molar-refractivity contribution is 4.94. The number of hydrogen-bond acceptors (Lipinski definition) is 3. The van der Waals surface area contributed by atoms with Crippen molar-refractivity contribution in [1.29, 1.82) is 0 Å². The van der Waals surface area contributed by atoms with Crippen LogP contribution in [0.5, 0.6) is 0 Å². The maximum absolute atomic E-state index is 6.75. The normalized spacial score (nSPS) is 19.1. The summed E-state index contributed by atoms with van der Waals surface area (Å²) in [6.07, 6.45) is 58.1. The van der Waals surface area contributed by atoms with Crippen LogP contribution in [0.25, 0.3) is 0 Å². The number of unbranched alkanes of at least 4 members (excludes halogenated alkanes) is 18. The minimum atomic E-state index is -0.274. The van der Waals surface area contributed by atoms with E-state index in [1.54, 1.807) is 0 Å². The van der Waals surface area contributed by atoms with E-state index in [4.69, 9.17) is 9.47 Å². The summed E-state index contributed by atoms with van der Waals surface area (Å²) < 4.78 is 13.5. The Balaban J connectivity index is 0.00000283. The van der Waals surface area contributed by atoms with Gasteiger partial charge in [-0.2, -0.15) is 0 Å². The second kappa shape index (κ2) is 34.0. The summed E-state index contributed by atoms with van der Waals surface area (Å²) >= 11 is 0. The summed E-state index contributed by atoms with van der Waals surface area (Å²) in [5.41, 5.74) is 0. The fourth-order valence-corrected chi connectivity index (χ4v) is 7.04. The molecule has 0 bridgehead atoms. The van der Waals surface area contributed by atoms with Gasteiger partial charge in [0.25, 0.3) is 0 Å². The average Bonchev–Trinajstić information content (AvgIpc) is 3.46. The van der Waals surface area contributed by atoms with Crippen LogP contribution in [-0.2, 0) is 9.47 Å². The van der Waals surface area contributed by atoms with E-state index in [9.17, 15) is 0 Å². The summed E-state index contributed by atoms with van der Waals surface area (Å²) in [6.45, 7) is 4.54. The fourth-order valence-electron chi connectivity index (χ4n) is 7.04. The van der Waals surface area contributed by atoms with E-state index in [1.807, 2.05) is 26.0 Å². The van der Waals surface area contributed by atoms with Gasteiger partial charge in [0.1, 0.15) is 0 Å². The summed E-state index contributed by atoms with van der Waals surface area (Å²) in [7, 11) is 6.00. The van der Waals surface area contributed by atoms with Crippen molar-refractivity contribution >= 4 is 0 Å². The molecule has 0 radical (unpaired) electrons. The summed E-state index contributed by atoms with van der Waals surface area (Å²) in [4.78, 5) is 2.00. The molecule has 1 aliphatic carbocycles. The molecule has 49 heavy (non-hydrogen) atoms. The summed E-state index contributed by atoms with van der Waals surface area (Å²) in [6, 6.07) is 0. The molecule has 2 fully saturated rings. The predicted octanol–water partition coefficient (Wildman–Crippen LogP) is 14.6. The van der Waals surface area contributed by atoms with Crippen molar-refractivity contribution in [3.8, 4) is 0 Å². The van der Waals surface area contributed by atoms with Crippen LogP contribution in [0.15, 0.2) is 48.6 Å². The first-order valence-electron chi connectivity index (χ1n) is 21.6. The van der Waals surface area contributed by atoms with Crippen molar-refractivity contribution in [3.63, 3.8) is 0 Å². The third kappa shape index (κ3) is 28.2. The Hall–Kier alpha value is -1.16. The molecule has 3 nitrogen and oxygen atoms in total. The highest BCUT2D eigenvalue weighted by atomic mass is 16.8. The minimum Gasteiger partial charge on any atom is -0.344 e. The first-order valence-corrected chi connectivity index (χ1v) is 21.6. The van der Waals surface area contributed by atoms with Crippen molar-refractivity contribution in [2.75, 3.05) is 21.1 Å². The third-order valence-corrected chi connectivity index (χ3v) is 9.89. The third-order valence-electron chi connectivity index (χ3n) is 9.89. The lowest BCUT2D eigenvalue weighted by Crippen LogP contribution is -2.31. The highest BCUT2D eigenvalue weighted by Gasteiger charge is 2.47. The molecular formula is C46H85NO2. The van der Waals surface area contributed by atoms with Crippen molar-refractivity contribution in [1.82, 2.24) is 4.90 Å². The van der Waals surface area contributed by atoms with Crippen molar-refractivity contribution in [3.05, 3.63) is 48.6 Å². The second-order valence-electron chi connectivity index (χ2n) is 15.5. The Bertz CT molecular complexity index is 745. The lowest BCUT2D eigenvalue weighted by Gasteiger charge is -2.28. The topological polar surface area (TPSA) is 21.7 Å². The average molecular weight is 684 g/mol. The van der Waals surface area contributed by atoms with Gasteiger partial charge in [0.05, 0.1) is 12.2 Å². The van der Waals surface area contributed by atoms with Crippen LogP contribution in [0.4, 0.5) is 0 Å². The van der Waals surface area contributed by atoms with Gasteiger partial charge in [-0.05, 0) is 111 Å². The monoisotopic (exact) mass is 684 g/mol. The number of fused-ring (bicyclic) bond motifs is 1. The zero-order valence-electron chi connectivity index (χ0n) is 33.8. The number of nitrogens with zero attached hydrogens (tertiary/aromatic N) is 1. The Labute approximate surface area is 307 Å². The van der Waals surface area contributed by atoms with E-state index in [-0.39, 0.29) is 5.79 Å². The van der Waals surface area contributed by atoms with E-state index in [0.717, 1.165) is 25.7 Å². The van der Waals surface area contributed by atoms with Crippen molar-refractivity contribution in [2.45, 2.75) is 224 Å². The number of rotatable bonds is 30. The molecule has 1 saturated carbocycles. The smallest absolute Gasteiger partial charge is 0.169 e. The first-order chi connectivity index (χ1) is 24.0. The lowest BCUT2D eigenvalue weighted by molar-refractivity contribution is -0.186. The van der Waals surface area contributed by atoms with Crippen LogP contribution in [0, 0.1) is 0 Å². The number of ether oxygens (including phenoxy) is 2. The Morgan fingerprint density at radius 3 is 1.10 bits per heavy atom. The Morgan fingerprint density at radius 1 is 0.449 bits per heavy atom. The fraction of sp³-hybridized carbons (Fsp3) is 0.826. The van der Waals surface area contributed by atoms with E-state index in [0.29, 0.717) is 12.2 Å². The number of allylic oxidation sites excluding steroid dienone is 8. The Kier molecular flexibility index (Phi) is 31.8. The largest absolute Gasteiger partial charge is 0.344 e. The van der Waals surface area contributed by atoms with Gasteiger partial charge in [-0.25, -0.2) is 0 Å². The number of hydrogen-bond donors (Lipinski definition) is 0. The molecule has 1 saturated heterocycles. The highest BCUT2D eigenvalue weighted by Crippen LogP contribution is 2.42. The van der Waals surface area contributed by atoms with Gasteiger partial charge < -0.3 is 14.4 Å². The van der Waals surface area contributed by atoms with Crippen LogP contribution in [0.3, 0.4) is 0 Å². The molecule has 2 aliphatic rings. The molecule has 0 aromatic carbocycles. The molecular weight excluding hydrogens is 599 g/mol. The SMILES string of the molecule is CCCCC/C=C\C/C=C\CCCCCCCCC1(CCCCCCCC/C=C\C/C=C\CCCCC)O[C@H]2CCCC[C@H]2O1.CN(C)C. The molecule has 286 valence electrons. The molecule has 0 aromatic heterocycles. The minimum absolute atomic E-state index is 0.274. The zero-order valence-corrected chi connectivity index (χ0v) is 33.8. The van der Waals surface area contributed by atoms with Crippen LogP contribution in [0.2, 0.25) is 0 Å². The summed E-state index contributed by atoms with van der Waals surface area (Å²) in [5.74, 6) is -0.274. The van der Waals surface area contributed by atoms with E-state index < -0.39 is 0 Å². The van der Waals surface area contributed by atoms with E-state index in [1.165, 1.54) is 167 Å². The molecule has 2 rings (SSSR count). The van der Waals surface area contributed by atoms with E-state index >= 15 is 0 Å². The Morgan fingerprint density at radius 2 is 0.755 bits per heavy atom. The van der Waals surface area contributed by atoms with Gasteiger partial charge in [-0.3, -0.25) is 0 Å². The molecule has 0 spiro atoms. The molecule has 0 unspecified atom stereocenters. The molecule has 3 heteroatoms. The quantitative estimate of drug-likeness (QED) is 0.0555. The van der Waals surface area contributed by atoms with Gasteiger partial charge >= 0.3 is 0 Å². The van der Waals surface area contributed by atoms with Gasteiger partial charge in [0.2, 0.25) is 0 Å². The standard InChI is InChI=1S/C43H76O2.C3H9N/c1-3-5-7-9-11-13-15-17-19-21-23-25-27-29-31-35-39-43(44-41-37-33-34-38-42(41)45-43)40-36-32-30-28-26-24-22-20-18-16-14-12-10-8-6-4-2;1-4(2)3/h11-14,17-20,41-42H,3-10,15-16,21-40H2,1-2H3;1-3H3/b13-11-,14-12-,19-17-,20-18-;/t41-,42+;. The van der Waals surface area contributed by atoms with Gasteiger partial charge in [0, 0.05) is 12.8 Å². The molecule has 1 aliphatic heterocycles. The first kappa shape index (κ1) is 45.9. The molecule has 0 aromatic rings. The van der Waals surface area contributed by atoms with Crippen LogP contribution < -0.4 is 0 Å². The summed E-state index contributed by atoms with van der Waals surface area (Å²) in [5, 5.41) is 0.